The van der Waals surface area contributed by atoms with Gasteiger partial charge in [-0.2, -0.15) is 4.72 Å². The van der Waals surface area contributed by atoms with Crippen LogP contribution in [0.1, 0.15) is 12.5 Å². The van der Waals surface area contributed by atoms with Gasteiger partial charge in [0.25, 0.3) is 5.69 Å². The monoisotopic (exact) mass is 432 g/mol. The van der Waals surface area contributed by atoms with E-state index in [2.05, 4.69) is 4.72 Å². The average Bonchev–Trinajstić information content (AvgIpc) is 2.61. The number of esters is 1. The van der Waals surface area contributed by atoms with Crippen LogP contribution in [0.4, 0.5) is 5.69 Å². The lowest BCUT2D eigenvalue weighted by Crippen LogP contribution is -2.39. The number of hydrogen-bond acceptors (Lipinski definition) is 6. The summed E-state index contributed by atoms with van der Waals surface area (Å²) in [6.07, 6.45) is 0. The topological polar surface area (TPSA) is 116 Å². The van der Waals surface area contributed by atoms with Gasteiger partial charge in [0.05, 0.1) is 19.9 Å². The minimum absolute atomic E-state index is 0.0629. The zero-order valence-electron chi connectivity index (χ0n) is 13.9. The molecule has 0 saturated carbocycles. The van der Waals surface area contributed by atoms with E-state index in [1.807, 2.05) is 0 Å². The maximum absolute atomic E-state index is 12.3. The van der Waals surface area contributed by atoms with Gasteiger partial charge in [0.15, 0.2) is 0 Å². The number of sulfonamides is 1. The summed E-state index contributed by atoms with van der Waals surface area (Å²) >= 11 is 11.6. The number of nitro benzene ring substituents is 1. The fraction of sp³-hybridized carbons (Fsp3) is 0.188. The minimum atomic E-state index is -4.01. The molecule has 1 N–H and O–H groups in total. The van der Waals surface area contributed by atoms with Gasteiger partial charge in [0.1, 0.15) is 12.6 Å². The van der Waals surface area contributed by atoms with Gasteiger partial charge in [-0.05, 0) is 42.8 Å². The highest BCUT2D eigenvalue weighted by Gasteiger charge is 2.23. The molecule has 2 aromatic rings. The van der Waals surface area contributed by atoms with Crippen molar-refractivity contribution < 1.29 is 22.9 Å². The van der Waals surface area contributed by atoms with Gasteiger partial charge in [0, 0.05) is 12.1 Å². The number of rotatable bonds is 7. The van der Waals surface area contributed by atoms with Crippen molar-refractivity contribution in [1.82, 2.24) is 4.72 Å². The molecule has 0 amide bonds. The highest BCUT2D eigenvalue weighted by Crippen LogP contribution is 2.24. The van der Waals surface area contributed by atoms with E-state index in [0.29, 0.717) is 5.56 Å². The molecule has 2 aromatic carbocycles. The fourth-order valence-corrected chi connectivity index (χ4v) is 3.57. The molecule has 0 radical (unpaired) electrons. The highest BCUT2D eigenvalue weighted by molar-refractivity contribution is 7.89. The van der Waals surface area contributed by atoms with Crippen LogP contribution in [-0.2, 0) is 26.2 Å². The third-order valence-electron chi connectivity index (χ3n) is 3.42. The second-order valence-electron chi connectivity index (χ2n) is 5.45. The van der Waals surface area contributed by atoms with E-state index in [1.165, 1.54) is 49.4 Å². The standard InChI is InChI=1S/C16H14Cl2N2O6S/c1-10(19-27(24,25)13-6-7-14(17)15(18)8-13)16(21)26-9-11-2-4-12(5-3-11)20(22)23/h2-8,10,19H,9H2,1H3/t10-/m0/s1. The number of nitrogens with zero attached hydrogens (tertiary/aromatic N) is 1. The molecule has 8 nitrogen and oxygen atoms in total. The van der Waals surface area contributed by atoms with Crippen LogP contribution in [0.15, 0.2) is 47.4 Å². The smallest absolute Gasteiger partial charge is 0.324 e. The second-order valence-corrected chi connectivity index (χ2v) is 7.98. The number of hydrogen-bond donors (Lipinski definition) is 1. The molecule has 27 heavy (non-hydrogen) atoms. The number of nitrogens with one attached hydrogen (secondary N) is 1. The second kappa shape index (κ2) is 8.66. The molecule has 0 fully saturated rings. The van der Waals surface area contributed by atoms with E-state index in [1.54, 1.807) is 0 Å². The van der Waals surface area contributed by atoms with Gasteiger partial charge in [0.2, 0.25) is 10.0 Å². The van der Waals surface area contributed by atoms with E-state index in [4.69, 9.17) is 27.9 Å². The Labute approximate surface area is 165 Å². The van der Waals surface area contributed by atoms with Crippen LogP contribution in [0.3, 0.4) is 0 Å². The van der Waals surface area contributed by atoms with Crippen molar-refractivity contribution in [2.24, 2.45) is 0 Å². The molecule has 0 spiro atoms. The van der Waals surface area contributed by atoms with Crippen LogP contribution >= 0.6 is 23.2 Å². The Bertz CT molecular complexity index is 963. The number of benzene rings is 2. The Morgan fingerprint density at radius 3 is 2.37 bits per heavy atom. The molecule has 1 atom stereocenters. The number of non-ortho nitro benzene ring substituents is 1. The van der Waals surface area contributed by atoms with Crippen LogP contribution in [-0.4, -0.2) is 25.4 Å². The lowest BCUT2D eigenvalue weighted by atomic mass is 10.2. The minimum Gasteiger partial charge on any atom is -0.460 e. The largest absolute Gasteiger partial charge is 0.460 e. The molecule has 0 aromatic heterocycles. The molecule has 0 aliphatic carbocycles. The SMILES string of the molecule is C[C@H](NS(=O)(=O)c1ccc(Cl)c(Cl)c1)C(=O)OCc1ccc([N+](=O)[O-])cc1. The van der Waals surface area contributed by atoms with Crippen LogP contribution in [0.25, 0.3) is 0 Å². The van der Waals surface area contributed by atoms with Crippen LogP contribution < -0.4 is 4.72 Å². The van der Waals surface area contributed by atoms with Gasteiger partial charge in [-0.1, -0.05) is 23.2 Å². The average molecular weight is 433 g/mol. The molecule has 0 aliphatic heterocycles. The van der Waals surface area contributed by atoms with E-state index in [-0.39, 0.29) is 27.2 Å². The van der Waals surface area contributed by atoms with Crippen LogP contribution in [0.5, 0.6) is 0 Å². The molecule has 11 heteroatoms. The summed E-state index contributed by atoms with van der Waals surface area (Å²) in [5.41, 5.74) is 0.432. The van der Waals surface area contributed by atoms with E-state index < -0.39 is 27.0 Å². The quantitative estimate of drug-likeness (QED) is 0.407. The molecule has 2 rings (SSSR count). The number of halogens is 2. The molecular weight excluding hydrogens is 419 g/mol. The third kappa shape index (κ3) is 5.64. The first-order valence-electron chi connectivity index (χ1n) is 7.47. The number of nitro groups is 1. The van der Waals surface area contributed by atoms with Crippen molar-refractivity contribution in [1.29, 1.82) is 0 Å². The maximum atomic E-state index is 12.3. The van der Waals surface area contributed by atoms with Gasteiger partial charge in [-0.25, -0.2) is 8.42 Å². The fourth-order valence-electron chi connectivity index (χ4n) is 1.99. The normalized spacial score (nSPS) is 12.4. The van der Waals surface area contributed by atoms with Crippen LogP contribution in [0.2, 0.25) is 10.0 Å². The summed E-state index contributed by atoms with van der Waals surface area (Å²) in [6.45, 7) is 1.17. The molecule has 0 heterocycles. The number of ether oxygens (including phenoxy) is 1. The van der Waals surface area contributed by atoms with Crippen molar-refractivity contribution in [2.75, 3.05) is 0 Å². The molecule has 0 aliphatic rings. The van der Waals surface area contributed by atoms with Crippen molar-refractivity contribution in [2.45, 2.75) is 24.5 Å². The zero-order valence-corrected chi connectivity index (χ0v) is 16.2. The maximum Gasteiger partial charge on any atom is 0.324 e. The Hall–Kier alpha value is -2.20. The lowest BCUT2D eigenvalue weighted by Gasteiger charge is -2.14. The Morgan fingerprint density at radius 1 is 1.19 bits per heavy atom. The third-order valence-corrected chi connectivity index (χ3v) is 5.69. The first-order valence-corrected chi connectivity index (χ1v) is 9.71. The zero-order chi connectivity index (χ0) is 20.2. The summed E-state index contributed by atoms with van der Waals surface area (Å²) < 4.78 is 31.8. The lowest BCUT2D eigenvalue weighted by molar-refractivity contribution is -0.384. The van der Waals surface area contributed by atoms with Crippen molar-refractivity contribution in [3.63, 3.8) is 0 Å². The Kier molecular flexibility index (Phi) is 6.77. The summed E-state index contributed by atoms with van der Waals surface area (Å²) in [7, 11) is -4.01. The number of carbonyl (C=O) groups excluding carboxylic acids is 1. The van der Waals surface area contributed by atoms with E-state index >= 15 is 0 Å². The summed E-state index contributed by atoms with van der Waals surface area (Å²) in [4.78, 5) is 21.9. The predicted molar refractivity (Wildman–Crippen MR) is 99.1 cm³/mol. The van der Waals surface area contributed by atoms with Gasteiger partial charge < -0.3 is 4.74 Å². The molecule has 144 valence electrons. The number of carbonyl (C=O) groups is 1. The van der Waals surface area contributed by atoms with Gasteiger partial charge in [-0.3, -0.25) is 14.9 Å². The molecular formula is C16H14Cl2N2O6S. The first kappa shape index (κ1) is 21.1. The Balaban J connectivity index is 1.98. The summed E-state index contributed by atoms with van der Waals surface area (Å²) in [6, 6.07) is 8.02. The molecule has 0 bridgehead atoms. The summed E-state index contributed by atoms with van der Waals surface area (Å²) in [5.74, 6) is -0.808. The Morgan fingerprint density at radius 2 is 1.81 bits per heavy atom. The van der Waals surface area contributed by atoms with Crippen molar-refractivity contribution in [3.05, 3.63) is 68.2 Å². The summed E-state index contributed by atoms with van der Waals surface area (Å²) in [5, 5.41) is 10.9. The van der Waals surface area contributed by atoms with Crippen LogP contribution in [0, 0.1) is 10.1 Å². The molecule has 0 unspecified atom stereocenters. The van der Waals surface area contributed by atoms with Crippen molar-refractivity contribution in [3.8, 4) is 0 Å². The van der Waals surface area contributed by atoms with E-state index in [9.17, 15) is 23.3 Å². The highest BCUT2D eigenvalue weighted by atomic mass is 35.5. The first-order chi connectivity index (χ1) is 12.6. The van der Waals surface area contributed by atoms with Gasteiger partial charge >= 0.3 is 5.97 Å². The predicted octanol–water partition coefficient (Wildman–Crippen LogP) is 3.31. The van der Waals surface area contributed by atoms with Crippen molar-refractivity contribution >= 4 is 44.9 Å². The van der Waals surface area contributed by atoms with Gasteiger partial charge in [-0.15, -0.1) is 0 Å². The van der Waals surface area contributed by atoms with E-state index in [0.717, 1.165) is 0 Å². The molecule has 0 saturated heterocycles.